The molecule has 0 unspecified atom stereocenters. The summed E-state index contributed by atoms with van der Waals surface area (Å²) in [5.41, 5.74) is 24.4. The van der Waals surface area contributed by atoms with E-state index >= 15 is 0 Å². The summed E-state index contributed by atoms with van der Waals surface area (Å²) in [5, 5.41) is 33.7. The van der Waals surface area contributed by atoms with E-state index in [0.29, 0.717) is 11.8 Å². The molecule has 0 aliphatic heterocycles. The van der Waals surface area contributed by atoms with Gasteiger partial charge >= 0.3 is 121 Å². The number of carbonyl (C=O) groups is 3. The monoisotopic (exact) mass is 2840 g/mol. The van der Waals surface area contributed by atoms with Crippen LogP contribution in [0.1, 0.15) is 115 Å². The van der Waals surface area contributed by atoms with Gasteiger partial charge in [0.2, 0.25) is 0 Å². The number of carbonyl (C=O) groups excluding carboxylic acids is 3. The smallest absolute Gasteiger partial charge is 0.315 e. The number of aryl methyl sites for hydroxylation is 4. The number of aliphatic hydroxyl groups is 3. The van der Waals surface area contributed by atoms with Crippen LogP contribution in [0.25, 0.3) is 122 Å². The Bertz CT molecular complexity index is 6950. The topological polar surface area (TPSA) is 198 Å². The Labute approximate surface area is 905 Å². The van der Waals surface area contributed by atoms with Gasteiger partial charge in [0.25, 0.3) is 6.33 Å². The van der Waals surface area contributed by atoms with Crippen molar-refractivity contribution in [1.82, 2.24) is 34.5 Å². The fourth-order valence-corrected chi connectivity index (χ4v) is 18.7. The van der Waals surface area contributed by atoms with E-state index in [2.05, 4.69) is 298 Å². The Morgan fingerprint density at radius 3 is 1.48 bits per heavy atom. The van der Waals surface area contributed by atoms with Crippen LogP contribution in [0.2, 0.25) is 36.9 Å². The molecule has 0 bridgehead atoms. The second-order valence-electron chi connectivity index (χ2n) is 35.6. The van der Waals surface area contributed by atoms with E-state index in [-0.39, 0.29) is 136 Å². The number of rotatable bonds is 14. The van der Waals surface area contributed by atoms with Crippen LogP contribution in [0.3, 0.4) is 0 Å². The third kappa shape index (κ3) is 36.2. The summed E-state index contributed by atoms with van der Waals surface area (Å²) in [6.45, 7) is 33.0. The van der Waals surface area contributed by atoms with Crippen LogP contribution in [0.15, 0.2) is 352 Å². The number of hydrogen-bond donors (Lipinski definition) is 3. The number of ketones is 3. The average molecular weight is 2830 g/mol. The fraction of sp³-hybridized carbons (Fsp3) is 0.183. The Hall–Kier alpha value is -11.5. The number of imidazole rings is 1. The zero-order chi connectivity index (χ0) is 98.2. The van der Waals surface area contributed by atoms with Gasteiger partial charge in [-0.1, -0.05) is 204 Å². The van der Waals surface area contributed by atoms with Gasteiger partial charge in [-0.25, -0.2) is 0 Å². The van der Waals surface area contributed by atoms with E-state index in [4.69, 9.17) is 25.3 Å². The van der Waals surface area contributed by atoms with Gasteiger partial charge in [-0.15, -0.1) is 136 Å². The molecule has 18 aromatic rings. The summed E-state index contributed by atoms with van der Waals surface area (Å²) in [5.74, 6) is 7.95. The molecule has 0 saturated carbocycles. The maximum absolute atomic E-state index is 10.0. The average Bonchev–Trinajstić information content (AvgIpc) is 1.66. The molecular weight excluding hydrogens is 2710 g/mol. The normalized spacial score (nSPS) is 10.8. The second kappa shape index (κ2) is 58.8. The van der Waals surface area contributed by atoms with Gasteiger partial charge in [0.15, 0.2) is 17.3 Å². The van der Waals surface area contributed by atoms with Crippen LogP contribution in [-0.2, 0) is 116 Å². The molecule has 4 radical (unpaired) electrons. The number of pyridine rings is 4. The largest absolute Gasteiger partial charge is 2.00 e. The molecule has 0 spiro atoms. The van der Waals surface area contributed by atoms with Gasteiger partial charge in [-0.2, -0.15) is 30.3 Å². The van der Waals surface area contributed by atoms with Crippen molar-refractivity contribution >= 4 is 103 Å². The van der Waals surface area contributed by atoms with Crippen molar-refractivity contribution in [1.29, 1.82) is 0 Å². The molecule has 0 aliphatic rings. The molecule has 0 aliphatic carbocycles. The second-order valence-corrected chi connectivity index (χ2v) is 51.3. The molecular formula is C120H120GeIr4N8O6PtSi-4. The molecule has 12 aromatic carbocycles. The van der Waals surface area contributed by atoms with E-state index in [1.54, 1.807) is 0 Å². The van der Waals surface area contributed by atoms with Crippen molar-refractivity contribution < 1.29 is 136 Å². The third-order valence-electron chi connectivity index (χ3n) is 21.2. The molecule has 0 fully saturated rings. The van der Waals surface area contributed by atoms with E-state index in [1.807, 2.05) is 182 Å². The zero-order valence-corrected chi connectivity index (χ0v) is 98.2. The number of hydrogen-bond acceptors (Lipinski definition) is 12. The van der Waals surface area contributed by atoms with Gasteiger partial charge < -0.3 is 39.8 Å². The Morgan fingerprint density at radius 2 is 0.965 bits per heavy atom. The van der Waals surface area contributed by atoms with Gasteiger partial charge in [-0.05, 0) is 153 Å². The van der Waals surface area contributed by atoms with Crippen LogP contribution in [0.4, 0.5) is 0 Å². The van der Waals surface area contributed by atoms with Crippen LogP contribution in [0, 0.1) is 70.4 Å². The first kappa shape index (κ1) is 120. The molecule has 0 saturated heterocycles. The summed E-state index contributed by atoms with van der Waals surface area (Å²) in [6.07, 6.45) is 16.5. The van der Waals surface area contributed by atoms with Gasteiger partial charge in [0.05, 0.1) is 53.3 Å². The Kier molecular flexibility index (Phi) is 50.0. The maximum Gasteiger partial charge on any atom is 2.00 e. The summed E-state index contributed by atoms with van der Waals surface area (Å²) >= 11 is -1.72. The number of benzene rings is 12. The van der Waals surface area contributed by atoms with Crippen molar-refractivity contribution in [3.05, 3.63) is 428 Å². The Balaban J connectivity index is 0.000000286. The minimum absolute atomic E-state index is 0. The summed E-state index contributed by atoms with van der Waals surface area (Å²) < 4.78 is 5.57. The predicted molar refractivity (Wildman–Crippen MR) is 567 cm³/mol. The first-order valence-electron chi connectivity index (χ1n) is 45.4. The van der Waals surface area contributed by atoms with Crippen molar-refractivity contribution in [2.45, 2.75) is 146 Å². The van der Waals surface area contributed by atoms with Crippen LogP contribution >= 0.6 is 0 Å². The number of allylic oxidation sites excluding steroid dienone is 6. The summed E-state index contributed by atoms with van der Waals surface area (Å²) in [4.78, 5) is 57.6. The molecule has 141 heavy (non-hydrogen) atoms. The summed E-state index contributed by atoms with van der Waals surface area (Å²) in [7, 11) is -1.48. The molecule has 6 aromatic heterocycles. The van der Waals surface area contributed by atoms with Crippen molar-refractivity contribution in [3.8, 4) is 67.5 Å². The number of aromatic nitrogens is 8. The van der Waals surface area contributed by atoms with Crippen LogP contribution in [0.5, 0.6) is 0 Å². The molecule has 0 amide bonds. The SMILES string of the molecule is CC(=O)C=C(C)O.CC(=O)C=C(C)O.CC(=O)C=C(C)O.C[Si](C)(C)c1cc(-c2[c-]cccc2)ncc1-c1ccccc1.Cc1[c-]c(-c2nccc3c(C(C)C)cc(C(C)C)cc23)cc(C)c1.Cc1cccnc1-c1[c-]cccc1.Cc1cnc2c3[c-]cccc3c3ccccc3c2n1.[CH3][Ge]([CH3])([CH3])[c]1ccc(-c2[c-]cccc2)nc1.[Ir].[Ir].[Ir].[Ir].[Pt+2].[c-]1ccccc1-[n+]1[c-]n(-c2ccccc2)c2ccccc21. The van der Waals surface area contributed by atoms with E-state index < -0.39 is 21.3 Å². The van der Waals surface area contributed by atoms with Crippen molar-refractivity contribution in [2.75, 3.05) is 0 Å². The van der Waals surface area contributed by atoms with Gasteiger partial charge in [0, 0.05) is 129 Å². The minimum atomic E-state index is -1.72. The van der Waals surface area contributed by atoms with E-state index in [0.717, 1.165) is 101 Å². The quantitative estimate of drug-likeness (QED) is 0.0233. The van der Waals surface area contributed by atoms with Crippen molar-refractivity contribution in [3.63, 3.8) is 0 Å². The van der Waals surface area contributed by atoms with E-state index in [1.165, 1.54) is 124 Å². The third-order valence-corrected chi connectivity index (χ3v) is 27.5. The van der Waals surface area contributed by atoms with Gasteiger partial charge in [-0.3, -0.25) is 23.9 Å². The van der Waals surface area contributed by atoms with Crippen LogP contribution in [-0.4, -0.2) is 88.5 Å². The number of nitrogens with zero attached hydrogens (tertiary/aromatic N) is 8. The number of aliphatic hydroxyl groups excluding tert-OH is 3. The number of para-hydroxylation sites is 4. The standard InChI is InChI=1S/C23H26N.C20H20NSi.C19H13N2.C17H11N2.C14H16GeN.C12H10N.3C5H8O2.4Ir.Pt/c1-14(2)18-12-21(15(3)4)20-7-8-24-23(22(20)13-18)19-10-16(5)9-17(6)11-19;1-22(2,3)20-14-19(17-12-8-5-9-13-17)21-15-18(20)16-10-6-4-7-11-16;1-3-9-16(10-4-1)20-15-21(17-11-5-2-6-12-17)19-14-8-7-13-18(19)20;1-11-10-18-16-14-8-4-2-6-12(14)13-7-3-5-9-15(13)17(16)19-11;1-15(2,3)13-9-10-14(16-11-13)12-7-5-4-6-8-12;1-10-6-5-9-13-12(10)11-7-3-2-4-8-11;3*1-4(6)3-5(2)7;;;;;/h7-10,12-15H,1-6H3;4-12,14-15H,1-3H3;1-11,13-14H;2-7,9-10H,1H3;4-7,9-11H,1-3H3;2-7,9H,1H3;3*3,6H,1-2H3;;;;;/q6*-1;;;;;;;;+2. The summed E-state index contributed by atoms with van der Waals surface area (Å²) in [6, 6.07) is 117. The van der Waals surface area contributed by atoms with E-state index in [9.17, 15) is 14.4 Å². The first-order chi connectivity index (χ1) is 65.0. The fourth-order valence-electron chi connectivity index (χ4n) is 14.9. The maximum atomic E-state index is 10.0. The Morgan fingerprint density at radius 1 is 0.440 bits per heavy atom. The molecule has 21 heteroatoms. The number of fused-ring (bicyclic) bond motifs is 8. The van der Waals surface area contributed by atoms with Crippen molar-refractivity contribution in [2.24, 2.45) is 0 Å². The molecule has 0 atom stereocenters. The predicted octanol–water partition coefficient (Wildman–Crippen LogP) is 27.9. The van der Waals surface area contributed by atoms with Crippen LogP contribution < -0.4 is 14.1 Å². The molecule has 14 nitrogen and oxygen atoms in total. The van der Waals surface area contributed by atoms with Gasteiger partial charge in [0.1, 0.15) is 0 Å². The first-order valence-corrected chi connectivity index (χ1v) is 56.2. The minimum Gasteiger partial charge on any atom is -0.315 e. The molecule has 734 valence electrons. The zero-order valence-electron chi connectivity index (χ0n) is 83.2. The molecule has 3 N–H and O–H groups in total. The molecule has 18 rings (SSSR count). The molecule has 6 heterocycles.